The standard InChI is InChI=1S/C10H16N2O3S/c1-16(14,15)7-10(13)9(6-11)8-2-4-12-5-3-8/h2-5,9-10,13H,6-7,11H2,1H3. The van der Waals surface area contributed by atoms with Gasteiger partial charge in [-0.25, -0.2) is 8.42 Å². The van der Waals surface area contributed by atoms with Crippen LogP contribution in [0.5, 0.6) is 0 Å². The van der Waals surface area contributed by atoms with Gasteiger partial charge in [0, 0.05) is 31.1 Å². The second-order valence-corrected chi connectivity index (χ2v) is 5.97. The highest BCUT2D eigenvalue weighted by Gasteiger charge is 2.23. The van der Waals surface area contributed by atoms with Crippen molar-refractivity contribution in [2.75, 3.05) is 18.6 Å². The van der Waals surface area contributed by atoms with Gasteiger partial charge in [-0.2, -0.15) is 0 Å². The van der Waals surface area contributed by atoms with Gasteiger partial charge < -0.3 is 10.8 Å². The van der Waals surface area contributed by atoms with Gasteiger partial charge >= 0.3 is 0 Å². The number of aromatic nitrogens is 1. The fourth-order valence-corrected chi connectivity index (χ4v) is 2.40. The van der Waals surface area contributed by atoms with E-state index in [4.69, 9.17) is 5.73 Å². The summed E-state index contributed by atoms with van der Waals surface area (Å²) >= 11 is 0. The summed E-state index contributed by atoms with van der Waals surface area (Å²) in [7, 11) is -3.21. The van der Waals surface area contributed by atoms with Crippen LogP contribution in [0.15, 0.2) is 24.5 Å². The summed E-state index contributed by atoms with van der Waals surface area (Å²) in [5.74, 6) is -0.658. The molecular formula is C10H16N2O3S. The summed E-state index contributed by atoms with van der Waals surface area (Å²) in [6.07, 6.45) is 3.29. The van der Waals surface area contributed by atoms with E-state index in [9.17, 15) is 13.5 Å². The molecule has 6 heteroatoms. The van der Waals surface area contributed by atoms with Gasteiger partial charge in [-0.15, -0.1) is 0 Å². The molecule has 16 heavy (non-hydrogen) atoms. The number of hydrogen-bond donors (Lipinski definition) is 2. The minimum Gasteiger partial charge on any atom is -0.391 e. The third kappa shape index (κ3) is 3.88. The molecule has 2 atom stereocenters. The van der Waals surface area contributed by atoms with Crippen LogP contribution in [0.1, 0.15) is 11.5 Å². The first-order valence-electron chi connectivity index (χ1n) is 4.90. The molecule has 90 valence electrons. The molecule has 1 rings (SSSR count). The Labute approximate surface area is 95.2 Å². The molecule has 0 amide bonds. The van der Waals surface area contributed by atoms with Crippen molar-refractivity contribution in [1.82, 2.24) is 4.98 Å². The monoisotopic (exact) mass is 244 g/mol. The molecule has 1 aromatic heterocycles. The number of hydrogen-bond acceptors (Lipinski definition) is 5. The van der Waals surface area contributed by atoms with Gasteiger partial charge in [0.15, 0.2) is 0 Å². The molecule has 0 aliphatic carbocycles. The van der Waals surface area contributed by atoms with Gasteiger partial charge in [-0.1, -0.05) is 0 Å². The van der Waals surface area contributed by atoms with Crippen molar-refractivity contribution < 1.29 is 13.5 Å². The van der Waals surface area contributed by atoms with Gasteiger partial charge in [0.2, 0.25) is 0 Å². The maximum absolute atomic E-state index is 11.1. The van der Waals surface area contributed by atoms with Crippen molar-refractivity contribution in [3.8, 4) is 0 Å². The van der Waals surface area contributed by atoms with Crippen LogP contribution in [0.2, 0.25) is 0 Å². The number of aliphatic hydroxyl groups excluding tert-OH is 1. The summed E-state index contributed by atoms with van der Waals surface area (Å²) in [4.78, 5) is 3.86. The Bertz CT molecular complexity index is 419. The summed E-state index contributed by atoms with van der Waals surface area (Å²) in [5, 5.41) is 9.82. The molecule has 0 radical (unpaired) electrons. The number of pyridine rings is 1. The summed E-state index contributed by atoms with van der Waals surface area (Å²) < 4.78 is 22.2. The number of nitrogens with zero attached hydrogens (tertiary/aromatic N) is 1. The molecule has 0 fully saturated rings. The molecular weight excluding hydrogens is 228 g/mol. The first-order valence-corrected chi connectivity index (χ1v) is 6.96. The Hall–Kier alpha value is -0.980. The summed E-state index contributed by atoms with van der Waals surface area (Å²) in [5.41, 5.74) is 6.35. The molecule has 1 heterocycles. The van der Waals surface area contributed by atoms with Crippen molar-refractivity contribution in [1.29, 1.82) is 0 Å². The second-order valence-electron chi connectivity index (χ2n) is 3.78. The van der Waals surface area contributed by atoms with E-state index in [0.29, 0.717) is 0 Å². The first-order chi connectivity index (χ1) is 7.44. The normalized spacial score (nSPS) is 15.7. The van der Waals surface area contributed by atoms with Crippen LogP contribution in [0.25, 0.3) is 0 Å². The summed E-state index contributed by atoms with van der Waals surface area (Å²) in [6.45, 7) is 0.195. The molecule has 0 saturated carbocycles. The Morgan fingerprint density at radius 2 is 2.00 bits per heavy atom. The van der Waals surface area contributed by atoms with Crippen molar-refractivity contribution >= 4 is 9.84 Å². The van der Waals surface area contributed by atoms with E-state index in [-0.39, 0.29) is 18.2 Å². The molecule has 0 spiro atoms. The number of aliphatic hydroxyl groups is 1. The molecule has 0 bridgehead atoms. The van der Waals surface area contributed by atoms with Crippen LogP contribution in [0, 0.1) is 0 Å². The van der Waals surface area contributed by atoms with Crippen LogP contribution >= 0.6 is 0 Å². The van der Waals surface area contributed by atoms with Gasteiger partial charge in [-0.3, -0.25) is 4.98 Å². The smallest absolute Gasteiger partial charge is 0.150 e. The quantitative estimate of drug-likeness (QED) is 0.730. The fourth-order valence-electron chi connectivity index (χ4n) is 1.55. The van der Waals surface area contributed by atoms with E-state index < -0.39 is 15.9 Å². The lowest BCUT2D eigenvalue weighted by Gasteiger charge is -2.20. The third-order valence-electron chi connectivity index (χ3n) is 2.33. The van der Waals surface area contributed by atoms with Crippen LogP contribution in [-0.4, -0.2) is 43.2 Å². The zero-order chi connectivity index (χ0) is 12.2. The lowest BCUT2D eigenvalue weighted by atomic mass is 9.95. The Morgan fingerprint density at radius 1 is 1.44 bits per heavy atom. The van der Waals surface area contributed by atoms with Crippen molar-refractivity contribution in [2.24, 2.45) is 5.73 Å². The average molecular weight is 244 g/mol. The number of sulfone groups is 1. The molecule has 3 N–H and O–H groups in total. The highest BCUT2D eigenvalue weighted by atomic mass is 32.2. The molecule has 2 unspecified atom stereocenters. The van der Waals surface area contributed by atoms with E-state index in [1.807, 2.05) is 0 Å². The molecule has 0 saturated heterocycles. The van der Waals surface area contributed by atoms with Gasteiger partial charge in [0.1, 0.15) is 9.84 Å². The lowest BCUT2D eigenvalue weighted by Crippen LogP contribution is -2.31. The Morgan fingerprint density at radius 3 is 2.44 bits per heavy atom. The SMILES string of the molecule is CS(=O)(=O)CC(O)C(CN)c1ccncc1. The minimum absolute atomic E-state index is 0.195. The highest BCUT2D eigenvalue weighted by molar-refractivity contribution is 7.90. The van der Waals surface area contributed by atoms with Crippen molar-refractivity contribution in [3.63, 3.8) is 0 Å². The second kappa shape index (κ2) is 5.38. The molecule has 1 aromatic rings. The fraction of sp³-hybridized carbons (Fsp3) is 0.500. The number of nitrogens with two attached hydrogens (primary N) is 1. The van der Waals surface area contributed by atoms with Gasteiger partial charge in [-0.05, 0) is 17.7 Å². The molecule has 0 aromatic carbocycles. The van der Waals surface area contributed by atoms with Gasteiger partial charge in [0.25, 0.3) is 0 Å². The van der Waals surface area contributed by atoms with Crippen LogP contribution in [0.3, 0.4) is 0 Å². The maximum Gasteiger partial charge on any atom is 0.150 e. The third-order valence-corrected chi connectivity index (χ3v) is 3.27. The average Bonchev–Trinajstić information content (AvgIpc) is 2.17. The molecule has 0 aliphatic rings. The highest BCUT2D eigenvalue weighted by Crippen LogP contribution is 2.18. The van der Waals surface area contributed by atoms with E-state index in [2.05, 4.69) is 4.98 Å². The predicted octanol–water partition coefficient (Wildman–Crippen LogP) is -0.471. The van der Waals surface area contributed by atoms with Crippen molar-refractivity contribution in [3.05, 3.63) is 30.1 Å². The topological polar surface area (TPSA) is 93.3 Å². The van der Waals surface area contributed by atoms with E-state index >= 15 is 0 Å². The predicted molar refractivity (Wildman–Crippen MR) is 61.8 cm³/mol. The Kier molecular flexibility index (Phi) is 4.40. The van der Waals surface area contributed by atoms with Crippen molar-refractivity contribution in [2.45, 2.75) is 12.0 Å². The minimum atomic E-state index is -3.21. The summed E-state index contributed by atoms with van der Waals surface area (Å²) in [6, 6.07) is 3.45. The first kappa shape index (κ1) is 13.1. The molecule has 5 nitrogen and oxygen atoms in total. The number of rotatable bonds is 5. The van der Waals surface area contributed by atoms with Crippen LogP contribution < -0.4 is 5.73 Å². The molecule has 0 aliphatic heterocycles. The van der Waals surface area contributed by atoms with E-state index in [1.54, 1.807) is 24.5 Å². The Balaban J connectivity index is 2.83. The van der Waals surface area contributed by atoms with Crippen LogP contribution in [-0.2, 0) is 9.84 Å². The zero-order valence-corrected chi connectivity index (χ0v) is 9.89. The largest absolute Gasteiger partial charge is 0.391 e. The zero-order valence-electron chi connectivity index (χ0n) is 9.07. The van der Waals surface area contributed by atoms with Crippen LogP contribution in [0.4, 0.5) is 0 Å². The lowest BCUT2D eigenvalue weighted by molar-refractivity contribution is 0.167. The van der Waals surface area contributed by atoms with E-state index in [0.717, 1.165) is 11.8 Å². The maximum atomic E-state index is 11.1. The van der Waals surface area contributed by atoms with Gasteiger partial charge in [0.05, 0.1) is 11.9 Å². The van der Waals surface area contributed by atoms with E-state index in [1.165, 1.54) is 0 Å².